The van der Waals surface area contributed by atoms with Crippen LogP contribution >= 0.6 is 11.3 Å². The van der Waals surface area contributed by atoms with Gasteiger partial charge in [0, 0.05) is 27.9 Å². The molecule has 0 atom stereocenters. The van der Waals surface area contributed by atoms with E-state index in [-0.39, 0.29) is 5.78 Å². The van der Waals surface area contributed by atoms with Crippen molar-refractivity contribution in [2.75, 3.05) is 0 Å². The Morgan fingerprint density at radius 3 is 2.81 bits per heavy atom. The summed E-state index contributed by atoms with van der Waals surface area (Å²) in [5.41, 5.74) is 3.12. The quantitative estimate of drug-likeness (QED) is 0.615. The second-order valence-corrected chi connectivity index (χ2v) is 6.25. The van der Waals surface area contributed by atoms with E-state index in [1.54, 1.807) is 11.3 Å². The van der Waals surface area contributed by atoms with Crippen LogP contribution in [0.3, 0.4) is 0 Å². The Balaban J connectivity index is 2.08. The van der Waals surface area contributed by atoms with Gasteiger partial charge < -0.3 is 0 Å². The van der Waals surface area contributed by atoms with Crippen LogP contribution in [0.25, 0.3) is 21.3 Å². The first-order chi connectivity index (χ1) is 10.2. The lowest BCUT2D eigenvalue weighted by Gasteiger charge is -2.04. The molecule has 3 heteroatoms. The Labute approximate surface area is 128 Å². The predicted octanol–water partition coefficient (Wildman–Crippen LogP) is 5.25. The molecule has 0 saturated carbocycles. The first-order valence-corrected chi connectivity index (χ1v) is 8.00. The summed E-state index contributed by atoms with van der Waals surface area (Å²) in [6.07, 6.45) is 1.51. The maximum atomic E-state index is 12.0. The molecule has 0 aliphatic carbocycles. The van der Waals surface area contributed by atoms with Gasteiger partial charge >= 0.3 is 0 Å². The van der Waals surface area contributed by atoms with Gasteiger partial charge in [-0.3, -0.25) is 9.78 Å². The van der Waals surface area contributed by atoms with Crippen LogP contribution < -0.4 is 0 Å². The van der Waals surface area contributed by atoms with Crippen molar-refractivity contribution >= 4 is 28.0 Å². The smallest absolute Gasteiger partial charge is 0.172 e. The lowest BCUT2D eigenvalue weighted by Crippen LogP contribution is -1.93. The average Bonchev–Trinajstić information content (AvgIpc) is 2.96. The molecule has 0 unspecified atom stereocenters. The molecule has 0 fully saturated rings. The highest BCUT2D eigenvalue weighted by Gasteiger charge is 2.12. The monoisotopic (exact) mass is 295 g/mol. The van der Waals surface area contributed by atoms with E-state index >= 15 is 0 Å². The highest BCUT2D eigenvalue weighted by atomic mass is 32.1. The van der Waals surface area contributed by atoms with E-state index in [0.29, 0.717) is 6.42 Å². The van der Waals surface area contributed by atoms with Gasteiger partial charge in [0.2, 0.25) is 0 Å². The molecule has 21 heavy (non-hydrogen) atoms. The third-order valence-electron chi connectivity index (χ3n) is 3.48. The standard InChI is InChI=1S/C18H17NOS/c1-3-5-15(20)17-11-10-16(21-17)14-7-4-6-13-9-8-12(2)19-18(13)14/h4,6-11H,3,5H2,1-2H3. The maximum Gasteiger partial charge on any atom is 0.172 e. The zero-order valence-electron chi connectivity index (χ0n) is 12.2. The van der Waals surface area contributed by atoms with E-state index in [0.717, 1.165) is 38.3 Å². The van der Waals surface area contributed by atoms with E-state index in [1.165, 1.54) is 0 Å². The highest BCUT2D eigenvalue weighted by molar-refractivity contribution is 7.17. The van der Waals surface area contributed by atoms with Crippen LogP contribution in [0.5, 0.6) is 0 Å². The first kappa shape index (κ1) is 14.0. The third-order valence-corrected chi connectivity index (χ3v) is 4.64. The van der Waals surface area contributed by atoms with Gasteiger partial charge in [-0.05, 0) is 31.5 Å². The van der Waals surface area contributed by atoms with Gasteiger partial charge in [0.05, 0.1) is 10.4 Å². The van der Waals surface area contributed by atoms with Crippen LogP contribution in [0.1, 0.15) is 35.1 Å². The topological polar surface area (TPSA) is 30.0 Å². The number of nitrogens with zero attached hydrogens (tertiary/aromatic N) is 1. The molecule has 0 bridgehead atoms. The molecule has 2 nitrogen and oxygen atoms in total. The predicted molar refractivity (Wildman–Crippen MR) is 89.0 cm³/mol. The molecule has 0 spiro atoms. The lowest BCUT2D eigenvalue weighted by atomic mass is 10.1. The van der Waals surface area contributed by atoms with Crippen LogP contribution in [0.15, 0.2) is 42.5 Å². The molecular formula is C18H17NOS. The molecule has 3 rings (SSSR count). The zero-order valence-corrected chi connectivity index (χ0v) is 13.0. The van der Waals surface area contributed by atoms with Crippen molar-refractivity contribution in [1.82, 2.24) is 4.98 Å². The summed E-state index contributed by atoms with van der Waals surface area (Å²) in [6.45, 7) is 4.03. The Bertz CT molecular complexity index is 804. The Morgan fingerprint density at radius 1 is 1.14 bits per heavy atom. The van der Waals surface area contributed by atoms with Gasteiger partial charge in [-0.2, -0.15) is 0 Å². The van der Waals surface area contributed by atoms with Gasteiger partial charge in [0.1, 0.15) is 0 Å². The molecule has 3 aromatic rings. The Morgan fingerprint density at radius 2 is 2.00 bits per heavy atom. The molecule has 0 amide bonds. The van der Waals surface area contributed by atoms with Crippen molar-refractivity contribution in [1.29, 1.82) is 0 Å². The largest absolute Gasteiger partial charge is 0.293 e. The third kappa shape index (κ3) is 2.74. The number of ketones is 1. The SMILES string of the molecule is CCCC(=O)c1ccc(-c2cccc3ccc(C)nc23)s1. The summed E-state index contributed by atoms with van der Waals surface area (Å²) in [6, 6.07) is 14.3. The van der Waals surface area contributed by atoms with Gasteiger partial charge in [-0.1, -0.05) is 31.2 Å². The Kier molecular flexibility index (Phi) is 3.84. The van der Waals surface area contributed by atoms with Gasteiger partial charge in [-0.25, -0.2) is 0 Å². The minimum absolute atomic E-state index is 0.234. The molecule has 0 N–H and O–H groups in total. The maximum absolute atomic E-state index is 12.0. The van der Waals surface area contributed by atoms with Crippen LogP contribution in [0.2, 0.25) is 0 Å². The second kappa shape index (κ2) is 5.78. The summed E-state index contributed by atoms with van der Waals surface area (Å²) >= 11 is 1.57. The van der Waals surface area contributed by atoms with Crippen molar-refractivity contribution in [3.8, 4) is 10.4 Å². The number of hydrogen-bond acceptors (Lipinski definition) is 3. The number of hydrogen-bond donors (Lipinski definition) is 0. The molecule has 0 aliphatic heterocycles. The molecule has 0 radical (unpaired) electrons. The van der Waals surface area contributed by atoms with Crippen LogP contribution in [0, 0.1) is 6.92 Å². The highest BCUT2D eigenvalue weighted by Crippen LogP contribution is 2.33. The minimum atomic E-state index is 0.234. The number of para-hydroxylation sites is 1. The van der Waals surface area contributed by atoms with Crippen LogP contribution in [0.4, 0.5) is 0 Å². The number of fused-ring (bicyclic) bond motifs is 1. The molecule has 1 aromatic carbocycles. The normalized spacial score (nSPS) is 11.0. The number of thiophene rings is 1. The fourth-order valence-corrected chi connectivity index (χ4v) is 3.43. The van der Waals surface area contributed by atoms with E-state index in [4.69, 9.17) is 0 Å². The summed E-state index contributed by atoms with van der Waals surface area (Å²) < 4.78 is 0. The van der Waals surface area contributed by atoms with Crippen LogP contribution in [-0.2, 0) is 0 Å². The molecular weight excluding hydrogens is 278 g/mol. The zero-order chi connectivity index (χ0) is 14.8. The first-order valence-electron chi connectivity index (χ1n) is 7.19. The molecule has 0 saturated heterocycles. The van der Waals surface area contributed by atoms with Crippen LogP contribution in [-0.4, -0.2) is 10.8 Å². The average molecular weight is 295 g/mol. The summed E-state index contributed by atoms with van der Waals surface area (Å²) in [4.78, 5) is 18.6. The van der Waals surface area contributed by atoms with E-state index < -0.39 is 0 Å². The van der Waals surface area contributed by atoms with E-state index in [2.05, 4.69) is 23.2 Å². The molecule has 106 valence electrons. The number of benzene rings is 1. The lowest BCUT2D eigenvalue weighted by molar-refractivity contribution is 0.0985. The molecule has 2 aromatic heterocycles. The van der Waals surface area contributed by atoms with Gasteiger partial charge in [0.25, 0.3) is 0 Å². The van der Waals surface area contributed by atoms with Crippen molar-refractivity contribution in [2.24, 2.45) is 0 Å². The van der Waals surface area contributed by atoms with Crippen molar-refractivity contribution in [3.63, 3.8) is 0 Å². The number of aromatic nitrogens is 1. The number of rotatable bonds is 4. The number of carbonyl (C=O) groups is 1. The number of pyridine rings is 1. The second-order valence-electron chi connectivity index (χ2n) is 5.17. The van der Waals surface area contributed by atoms with E-state index in [1.807, 2.05) is 38.1 Å². The minimum Gasteiger partial charge on any atom is -0.293 e. The summed E-state index contributed by atoms with van der Waals surface area (Å²) in [7, 11) is 0. The molecule has 2 heterocycles. The number of carbonyl (C=O) groups excluding carboxylic acids is 1. The number of aryl methyl sites for hydroxylation is 1. The van der Waals surface area contributed by atoms with Crippen molar-refractivity contribution in [2.45, 2.75) is 26.7 Å². The van der Waals surface area contributed by atoms with Crippen molar-refractivity contribution < 1.29 is 4.79 Å². The Hall–Kier alpha value is -2.00. The fourth-order valence-electron chi connectivity index (χ4n) is 2.43. The molecule has 0 aliphatic rings. The van der Waals surface area contributed by atoms with Gasteiger partial charge in [-0.15, -0.1) is 11.3 Å². The van der Waals surface area contributed by atoms with Crippen molar-refractivity contribution in [3.05, 3.63) is 53.0 Å². The van der Waals surface area contributed by atoms with E-state index in [9.17, 15) is 4.79 Å². The summed E-state index contributed by atoms with van der Waals surface area (Å²) in [5.74, 6) is 0.234. The van der Waals surface area contributed by atoms with Gasteiger partial charge in [0.15, 0.2) is 5.78 Å². The number of Topliss-reactive ketones (excluding diaryl/α,β-unsaturated/α-hetero) is 1. The fraction of sp³-hybridized carbons (Fsp3) is 0.222. The summed E-state index contributed by atoms with van der Waals surface area (Å²) in [5, 5.41) is 1.13.